The molecule has 0 aromatic carbocycles. The van der Waals surface area contributed by atoms with Gasteiger partial charge >= 0.3 is 0 Å². The molecule has 7 heteroatoms. The molecule has 18 heavy (non-hydrogen) atoms. The van der Waals surface area contributed by atoms with Gasteiger partial charge in [0.15, 0.2) is 0 Å². The van der Waals surface area contributed by atoms with Crippen LogP contribution in [0.3, 0.4) is 0 Å². The third-order valence-electron chi connectivity index (χ3n) is 2.62. The average Bonchev–Trinajstić information content (AvgIpc) is 2.56. The molecule has 1 aliphatic heterocycles. The molecule has 4 N–H and O–H groups in total. The number of thioether (sulfide) groups is 2. The van der Waals surface area contributed by atoms with Gasteiger partial charge in [-0.15, -0.1) is 0 Å². The largest absolute Gasteiger partial charge is 0.383 e. The zero-order valence-corrected chi connectivity index (χ0v) is 11.8. The summed E-state index contributed by atoms with van der Waals surface area (Å²) in [5.74, 6) is 5.75. The Bertz CT molecular complexity index is 429. The monoisotopic (exact) mass is 286 g/mol. The molecule has 1 aromatic rings. The molecule has 1 saturated heterocycles. The molecular formula is C11H18N4OS2. The van der Waals surface area contributed by atoms with Crippen molar-refractivity contribution < 1.29 is 0 Å². The maximum absolute atomic E-state index is 11.2. The van der Waals surface area contributed by atoms with Crippen molar-refractivity contribution in [2.75, 3.05) is 35.3 Å². The van der Waals surface area contributed by atoms with Gasteiger partial charge in [-0.2, -0.15) is 23.5 Å². The topological polar surface area (TPSA) is 83.8 Å². The fraction of sp³-hybridized carbons (Fsp3) is 0.636. The van der Waals surface area contributed by atoms with Crippen molar-refractivity contribution in [2.24, 2.45) is 0 Å². The molecule has 0 spiro atoms. The number of anilines is 1. The number of nitrogens with one attached hydrogen (secondary N) is 2. The van der Waals surface area contributed by atoms with Gasteiger partial charge in [0.05, 0.1) is 0 Å². The predicted octanol–water partition coefficient (Wildman–Crippen LogP) is 0.333. The third-order valence-corrected chi connectivity index (χ3v) is 5.14. The van der Waals surface area contributed by atoms with E-state index in [0.717, 1.165) is 18.1 Å². The summed E-state index contributed by atoms with van der Waals surface area (Å²) in [6.45, 7) is 0.818. The van der Waals surface area contributed by atoms with Gasteiger partial charge in [0.1, 0.15) is 11.6 Å². The fourth-order valence-corrected chi connectivity index (χ4v) is 4.24. The van der Waals surface area contributed by atoms with E-state index in [0.29, 0.717) is 18.3 Å². The van der Waals surface area contributed by atoms with E-state index in [1.807, 2.05) is 23.5 Å². The van der Waals surface area contributed by atoms with Gasteiger partial charge in [-0.1, -0.05) is 0 Å². The maximum atomic E-state index is 11.2. The molecule has 0 bridgehead atoms. The first-order chi connectivity index (χ1) is 8.74. The van der Waals surface area contributed by atoms with Gasteiger partial charge < -0.3 is 16.0 Å². The summed E-state index contributed by atoms with van der Waals surface area (Å²) in [7, 11) is 0. The lowest BCUT2D eigenvalue weighted by Crippen LogP contribution is -2.35. The molecule has 2 rings (SSSR count). The van der Waals surface area contributed by atoms with E-state index in [1.54, 1.807) is 0 Å². The van der Waals surface area contributed by atoms with Gasteiger partial charge in [0, 0.05) is 48.1 Å². The number of nitrogens with zero attached hydrogens (tertiary/aromatic N) is 1. The maximum Gasteiger partial charge on any atom is 0.252 e. The van der Waals surface area contributed by atoms with Crippen molar-refractivity contribution in [3.8, 4) is 0 Å². The van der Waals surface area contributed by atoms with E-state index >= 15 is 0 Å². The molecule has 0 saturated carbocycles. The Kier molecular flexibility index (Phi) is 5.40. The van der Waals surface area contributed by atoms with Gasteiger partial charge in [-0.3, -0.25) is 4.79 Å². The van der Waals surface area contributed by atoms with Crippen LogP contribution in [0.1, 0.15) is 5.82 Å². The molecule has 100 valence electrons. The highest BCUT2D eigenvalue weighted by Crippen LogP contribution is 2.16. The Morgan fingerprint density at radius 2 is 2.17 bits per heavy atom. The Hall–Kier alpha value is -0.660. The second-order valence-corrected chi connectivity index (χ2v) is 6.47. The molecule has 5 nitrogen and oxygen atoms in total. The molecule has 0 unspecified atom stereocenters. The molecule has 2 heterocycles. The van der Waals surface area contributed by atoms with Gasteiger partial charge in [-0.05, 0) is 0 Å². The van der Waals surface area contributed by atoms with Crippen LogP contribution >= 0.6 is 23.5 Å². The minimum absolute atomic E-state index is 0.182. The Morgan fingerprint density at radius 1 is 1.44 bits per heavy atom. The van der Waals surface area contributed by atoms with Crippen molar-refractivity contribution in [1.82, 2.24) is 15.3 Å². The summed E-state index contributed by atoms with van der Waals surface area (Å²) < 4.78 is 0. The lowest BCUT2D eigenvalue weighted by molar-refractivity contribution is 0.596. The normalized spacial score (nSPS) is 17.6. The Balaban J connectivity index is 1.78. The molecule has 0 atom stereocenters. The lowest BCUT2D eigenvalue weighted by atomic mass is 10.3. The summed E-state index contributed by atoms with van der Waals surface area (Å²) >= 11 is 4.00. The van der Waals surface area contributed by atoms with Crippen LogP contribution in [0.2, 0.25) is 0 Å². The molecule has 1 fully saturated rings. The number of hydrogen-bond donors (Lipinski definition) is 3. The van der Waals surface area contributed by atoms with Crippen LogP contribution in [0.15, 0.2) is 10.9 Å². The number of H-pyrrole nitrogens is 1. The molecule has 1 aliphatic rings. The number of nitrogen functional groups attached to an aromatic ring is 1. The van der Waals surface area contributed by atoms with E-state index in [1.165, 1.54) is 17.6 Å². The number of aromatic amines is 1. The van der Waals surface area contributed by atoms with Gasteiger partial charge in [0.2, 0.25) is 0 Å². The number of rotatable bonds is 4. The lowest BCUT2D eigenvalue weighted by Gasteiger charge is -2.14. The quantitative estimate of drug-likeness (QED) is 0.740. The summed E-state index contributed by atoms with van der Waals surface area (Å²) in [6, 6.07) is 1.85. The highest BCUT2D eigenvalue weighted by Gasteiger charge is 2.11. The van der Waals surface area contributed by atoms with Crippen molar-refractivity contribution in [2.45, 2.75) is 12.5 Å². The zero-order valence-electron chi connectivity index (χ0n) is 10.1. The Morgan fingerprint density at radius 3 is 2.83 bits per heavy atom. The molecule has 1 aromatic heterocycles. The Labute approximate surface area is 115 Å². The average molecular weight is 286 g/mol. The van der Waals surface area contributed by atoms with Crippen LogP contribution in [0, 0.1) is 0 Å². The number of hydrogen-bond acceptors (Lipinski definition) is 6. The van der Waals surface area contributed by atoms with Crippen molar-refractivity contribution in [3.63, 3.8) is 0 Å². The van der Waals surface area contributed by atoms with Crippen LogP contribution < -0.4 is 16.6 Å². The van der Waals surface area contributed by atoms with E-state index in [9.17, 15) is 4.79 Å². The summed E-state index contributed by atoms with van der Waals surface area (Å²) in [4.78, 5) is 18.0. The third kappa shape index (κ3) is 4.55. The second-order valence-electron chi connectivity index (χ2n) is 4.17. The van der Waals surface area contributed by atoms with E-state index in [4.69, 9.17) is 5.73 Å². The number of nitrogens with two attached hydrogens (primary N) is 1. The standard InChI is InChI=1S/C11H18N4OS2/c12-9-5-11(16)15-10(14-9)1-2-13-8-6-17-3-4-18-7-8/h5,8,13H,1-4,6-7H2,(H3,12,14,15,16). The van der Waals surface area contributed by atoms with Crippen LogP contribution in [-0.2, 0) is 6.42 Å². The van der Waals surface area contributed by atoms with E-state index in [2.05, 4.69) is 15.3 Å². The highest BCUT2D eigenvalue weighted by molar-refractivity contribution is 8.03. The molecular weight excluding hydrogens is 268 g/mol. The highest BCUT2D eigenvalue weighted by atomic mass is 32.2. The van der Waals surface area contributed by atoms with Crippen molar-refractivity contribution in [3.05, 3.63) is 22.2 Å². The summed E-state index contributed by atoms with van der Waals surface area (Å²) in [5.41, 5.74) is 5.35. The van der Waals surface area contributed by atoms with Crippen LogP contribution in [0.25, 0.3) is 0 Å². The molecule has 0 radical (unpaired) electrons. The summed E-state index contributed by atoms with van der Waals surface area (Å²) in [5, 5.41) is 3.50. The van der Waals surface area contributed by atoms with E-state index in [-0.39, 0.29) is 11.4 Å². The first-order valence-corrected chi connectivity index (χ1v) is 8.29. The summed E-state index contributed by atoms with van der Waals surface area (Å²) in [6.07, 6.45) is 0.701. The van der Waals surface area contributed by atoms with Crippen LogP contribution in [-0.4, -0.2) is 45.6 Å². The number of aromatic nitrogens is 2. The van der Waals surface area contributed by atoms with Gasteiger partial charge in [0.25, 0.3) is 5.56 Å². The van der Waals surface area contributed by atoms with Crippen molar-refractivity contribution >= 4 is 29.3 Å². The first kappa shape index (κ1) is 13.8. The second kappa shape index (κ2) is 7.06. The SMILES string of the molecule is Nc1cc(=O)[nH]c(CCNC2CSCCSC2)n1. The first-order valence-electron chi connectivity index (χ1n) is 5.98. The van der Waals surface area contributed by atoms with Crippen LogP contribution in [0.5, 0.6) is 0 Å². The van der Waals surface area contributed by atoms with Crippen molar-refractivity contribution in [1.29, 1.82) is 0 Å². The molecule has 0 amide bonds. The van der Waals surface area contributed by atoms with Gasteiger partial charge in [-0.25, -0.2) is 4.98 Å². The van der Waals surface area contributed by atoms with Crippen LogP contribution in [0.4, 0.5) is 5.82 Å². The minimum Gasteiger partial charge on any atom is -0.383 e. The smallest absolute Gasteiger partial charge is 0.252 e. The minimum atomic E-state index is -0.182. The van der Waals surface area contributed by atoms with E-state index < -0.39 is 0 Å². The predicted molar refractivity (Wildman–Crippen MR) is 79.4 cm³/mol. The fourth-order valence-electron chi connectivity index (χ4n) is 1.78. The zero-order chi connectivity index (χ0) is 12.8. The molecule has 0 aliphatic carbocycles.